The van der Waals surface area contributed by atoms with Gasteiger partial charge in [-0.3, -0.25) is 4.79 Å². The summed E-state index contributed by atoms with van der Waals surface area (Å²) < 4.78 is 0. The van der Waals surface area contributed by atoms with Crippen molar-refractivity contribution in [3.05, 3.63) is 17.0 Å². The first-order chi connectivity index (χ1) is 4.20. The molecule has 0 aliphatic heterocycles. The van der Waals surface area contributed by atoms with Crippen LogP contribution in [0.5, 0.6) is 0 Å². The van der Waals surface area contributed by atoms with E-state index in [-0.39, 0.29) is 0 Å². The lowest BCUT2D eigenvalue weighted by Crippen LogP contribution is -2.09. The third-order valence-corrected chi connectivity index (χ3v) is 1.51. The molecular weight excluding hydrogens is 136 g/mol. The van der Waals surface area contributed by atoms with Gasteiger partial charge in [-0.05, 0) is 6.07 Å². The molecule has 0 aliphatic rings. The van der Waals surface area contributed by atoms with Gasteiger partial charge in [-0.15, -0.1) is 11.3 Å². The quantitative estimate of drug-likeness (QED) is 0.587. The lowest BCUT2D eigenvalue weighted by Gasteiger charge is -1.80. The second-order valence-corrected chi connectivity index (χ2v) is 2.41. The van der Waals surface area contributed by atoms with Crippen LogP contribution in [0.15, 0.2) is 6.07 Å². The molecule has 0 unspecified atom stereocenters. The number of carbonyl (C=O) groups is 1. The van der Waals surface area contributed by atoms with Gasteiger partial charge in [-0.25, -0.2) is 0 Å². The third kappa shape index (κ3) is 1.20. The first-order valence-corrected chi connectivity index (χ1v) is 3.08. The molecule has 0 atom stereocenters. The minimum atomic E-state index is -0.483. The molecule has 47 valence electrons. The lowest BCUT2D eigenvalue weighted by atomic mass is 10.3. The fourth-order valence-electron chi connectivity index (χ4n) is 0.437. The van der Waals surface area contributed by atoms with E-state index in [1.807, 2.05) is 0 Å². The van der Waals surface area contributed by atoms with Gasteiger partial charge in [0.05, 0.1) is 15.9 Å². The molecule has 0 fully saturated rings. The highest BCUT2D eigenvalue weighted by Crippen LogP contribution is 2.14. The van der Waals surface area contributed by atoms with E-state index < -0.39 is 5.91 Å². The van der Waals surface area contributed by atoms with Crippen molar-refractivity contribution < 1.29 is 4.79 Å². The average Bonchev–Trinajstić information content (AvgIpc) is 2.14. The van der Waals surface area contributed by atoms with Crippen molar-refractivity contribution in [2.75, 3.05) is 5.73 Å². The van der Waals surface area contributed by atoms with Gasteiger partial charge in [-0.1, -0.05) is 0 Å². The maximum Gasteiger partial charge on any atom is 0.250 e. The van der Waals surface area contributed by atoms with Crippen LogP contribution in [0, 0.1) is 5.38 Å². The van der Waals surface area contributed by atoms with Gasteiger partial charge in [0.1, 0.15) is 0 Å². The van der Waals surface area contributed by atoms with E-state index in [1.165, 1.54) is 17.4 Å². The molecule has 1 amide bonds. The summed E-state index contributed by atoms with van der Waals surface area (Å²) in [5.41, 5.74) is 10.6. The maximum absolute atomic E-state index is 10.4. The van der Waals surface area contributed by atoms with E-state index in [1.54, 1.807) is 0 Å². The van der Waals surface area contributed by atoms with Crippen molar-refractivity contribution in [3.8, 4) is 0 Å². The molecular formula is C5H5N2OS. The summed E-state index contributed by atoms with van der Waals surface area (Å²) in [6.45, 7) is 0. The van der Waals surface area contributed by atoms with Gasteiger partial charge in [0, 0.05) is 0 Å². The van der Waals surface area contributed by atoms with Crippen LogP contribution in [-0.4, -0.2) is 5.91 Å². The third-order valence-electron chi connectivity index (χ3n) is 0.831. The molecule has 1 rings (SSSR count). The van der Waals surface area contributed by atoms with Crippen molar-refractivity contribution in [1.82, 2.24) is 0 Å². The molecule has 4 N–H and O–H groups in total. The fraction of sp³-hybridized carbons (Fsp3) is 0. The Morgan fingerprint density at radius 1 is 1.78 bits per heavy atom. The highest BCUT2D eigenvalue weighted by atomic mass is 32.1. The Labute approximate surface area is 56.3 Å². The standard InChI is InChI=1S/C5H5N2OS/c6-4-1-3(2-9-4)5(7)8/h1H,6H2,(H2,7,8). The molecule has 0 bridgehead atoms. The summed E-state index contributed by atoms with van der Waals surface area (Å²) in [4.78, 5) is 10.4. The predicted octanol–water partition coefficient (Wildman–Crippen LogP) is 0.229. The van der Waals surface area contributed by atoms with Gasteiger partial charge >= 0.3 is 0 Å². The number of carbonyl (C=O) groups excluding carboxylic acids is 1. The monoisotopic (exact) mass is 141 g/mol. The zero-order valence-corrected chi connectivity index (χ0v) is 5.37. The summed E-state index contributed by atoms with van der Waals surface area (Å²) in [7, 11) is 0. The number of hydrogen-bond acceptors (Lipinski definition) is 3. The zero-order chi connectivity index (χ0) is 6.85. The van der Waals surface area contributed by atoms with Crippen molar-refractivity contribution in [1.29, 1.82) is 0 Å². The number of nitrogens with two attached hydrogens (primary N) is 2. The Balaban J connectivity index is 2.98. The smallest absolute Gasteiger partial charge is 0.250 e. The van der Waals surface area contributed by atoms with E-state index in [4.69, 9.17) is 11.5 Å². The van der Waals surface area contributed by atoms with Crippen molar-refractivity contribution in [3.63, 3.8) is 0 Å². The first kappa shape index (κ1) is 6.10. The Kier molecular flexibility index (Phi) is 1.40. The molecule has 3 nitrogen and oxygen atoms in total. The molecule has 0 aromatic carbocycles. The SMILES string of the molecule is NC(=O)c1[c]sc(N)c1. The molecule has 1 radical (unpaired) electrons. The van der Waals surface area contributed by atoms with Gasteiger partial charge < -0.3 is 11.5 Å². The minimum absolute atomic E-state index is 0.359. The lowest BCUT2D eigenvalue weighted by molar-refractivity contribution is 0.100. The molecule has 0 saturated carbocycles. The van der Waals surface area contributed by atoms with Crippen LogP contribution in [-0.2, 0) is 0 Å². The minimum Gasteiger partial charge on any atom is -0.391 e. The van der Waals surface area contributed by atoms with E-state index in [0.717, 1.165) is 0 Å². The van der Waals surface area contributed by atoms with Crippen LogP contribution in [0.1, 0.15) is 10.4 Å². The van der Waals surface area contributed by atoms with Crippen molar-refractivity contribution >= 4 is 22.2 Å². The van der Waals surface area contributed by atoms with Gasteiger partial charge in [0.2, 0.25) is 5.91 Å². The number of rotatable bonds is 1. The van der Waals surface area contributed by atoms with E-state index in [2.05, 4.69) is 5.38 Å². The number of amides is 1. The van der Waals surface area contributed by atoms with Crippen LogP contribution in [0.2, 0.25) is 0 Å². The number of primary amides is 1. The molecule has 1 aromatic rings. The Morgan fingerprint density at radius 3 is 2.67 bits per heavy atom. The van der Waals surface area contributed by atoms with Crippen molar-refractivity contribution in [2.24, 2.45) is 5.73 Å². The number of anilines is 1. The topological polar surface area (TPSA) is 69.1 Å². The molecule has 0 spiro atoms. The molecule has 9 heavy (non-hydrogen) atoms. The highest BCUT2D eigenvalue weighted by Gasteiger charge is 2.01. The number of nitrogen functional groups attached to an aromatic ring is 1. The second kappa shape index (κ2) is 2.06. The van der Waals surface area contributed by atoms with Crippen LogP contribution < -0.4 is 11.5 Å². The van der Waals surface area contributed by atoms with Crippen LogP contribution in [0.4, 0.5) is 5.00 Å². The van der Waals surface area contributed by atoms with Crippen LogP contribution in [0.25, 0.3) is 0 Å². The summed E-state index contributed by atoms with van der Waals surface area (Å²) in [5.74, 6) is -0.483. The first-order valence-electron chi connectivity index (χ1n) is 2.27. The normalized spacial score (nSPS) is 9.33. The average molecular weight is 141 g/mol. The van der Waals surface area contributed by atoms with Crippen LogP contribution in [0.3, 0.4) is 0 Å². The number of thiophene rings is 1. The van der Waals surface area contributed by atoms with Gasteiger partial charge in [-0.2, -0.15) is 0 Å². The maximum atomic E-state index is 10.4. The summed E-state index contributed by atoms with van der Waals surface area (Å²) in [5, 5.41) is 3.21. The summed E-state index contributed by atoms with van der Waals surface area (Å²) in [6, 6.07) is 1.51. The second-order valence-electron chi connectivity index (χ2n) is 1.53. The molecule has 4 heteroatoms. The molecule has 0 saturated heterocycles. The molecule has 1 aromatic heterocycles. The van der Waals surface area contributed by atoms with Crippen molar-refractivity contribution in [2.45, 2.75) is 0 Å². The Hall–Kier alpha value is -1.03. The van der Waals surface area contributed by atoms with Gasteiger partial charge in [0.15, 0.2) is 0 Å². The fourth-order valence-corrected chi connectivity index (χ4v) is 1.00. The summed E-state index contributed by atoms with van der Waals surface area (Å²) >= 11 is 1.18. The molecule has 0 aliphatic carbocycles. The van der Waals surface area contributed by atoms with Crippen LogP contribution >= 0.6 is 11.3 Å². The zero-order valence-electron chi connectivity index (χ0n) is 4.55. The predicted molar refractivity (Wildman–Crippen MR) is 36.1 cm³/mol. The van der Waals surface area contributed by atoms with E-state index in [0.29, 0.717) is 10.6 Å². The molecule has 1 heterocycles. The highest BCUT2D eigenvalue weighted by molar-refractivity contribution is 7.13. The number of hydrogen-bond donors (Lipinski definition) is 2. The van der Waals surface area contributed by atoms with Gasteiger partial charge in [0.25, 0.3) is 0 Å². The Bertz CT molecular complexity index is 231. The Morgan fingerprint density at radius 2 is 2.44 bits per heavy atom. The van der Waals surface area contributed by atoms with E-state index >= 15 is 0 Å². The van der Waals surface area contributed by atoms with E-state index in [9.17, 15) is 4.79 Å². The largest absolute Gasteiger partial charge is 0.391 e. The summed E-state index contributed by atoms with van der Waals surface area (Å²) in [6.07, 6.45) is 0.